The third-order valence-corrected chi connectivity index (χ3v) is 6.68. The normalized spacial score (nSPS) is 21.0. The van der Waals surface area contributed by atoms with Crippen molar-refractivity contribution in [2.24, 2.45) is 0 Å². The Labute approximate surface area is 196 Å². The van der Waals surface area contributed by atoms with Crippen LogP contribution in [0.2, 0.25) is 10.0 Å². The third kappa shape index (κ3) is 4.40. The third-order valence-electron chi connectivity index (χ3n) is 5.95. The van der Waals surface area contributed by atoms with Crippen LogP contribution in [0.3, 0.4) is 0 Å². The summed E-state index contributed by atoms with van der Waals surface area (Å²) in [6.45, 7) is 3.25. The minimum Gasteiger partial charge on any atom is -0.372 e. The summed E-state index contributed by atoms with van der Waals surface area (Å²) in [7, 11) is 0. The first-order valence-corrected chi connectivity index (χ1v) is 11.3. The molecule has 0 bridgehead atoms. The highest BCUT2D eigenvalue weighted by atomic mass is 35.5. The van der Waals surface area contributed by atoms with Gasteiger partial charge in [0.15, 0.2) is 0 Å². The highest BCUT2D eigenvalue weighted by Gasteiger charge is 2.49. The van der Waals surface area contributed by atoms with Crippen molar-refractivity contribution in [1.82, 2.24) is 10.2 Å². The second-order valence-electron chi connectivity index (χ2n) is 8.22. The summed E-state index contributed by atoms with van der Waals surface area (Å²) in [5.41, 5.74) is 0.882. The van der Waals surface area contributed by atoms with Gasteiger partial charge in [0.1, 0.15) is 12.1 Å². The van der Waals surface area contributed by atoms with Crippen LogP contribution in [-0.4, -0.2) is 42.4 Å². The molecule has 7 nitrogen and oxygen atoms in total. The van der Waals surface area contributed by atoms with E-state index in [-0.39, 0.29) is 5.02 Å². The Hall–Kier alpha value is -2.77. The molecular formula is C23H24Cl2N4O3. The maximum absolute atomic E-state index is 13.0. The summed E-state index contributed by atoms with van der Waals surface area (Å²) in [6, 6.07) is 11.7. The average molecular weight is 475 g/mol. The average Bonchev–Trinajstić information content (AvgIpc) is 3.00. The molecule has 0 spiro atoms. The predicted molar refractivity (Wildman–Crippen MR) is 125 cm³/mol. The summed E-state index contributed by atoms with van der Waals surface area (Å²) >= 11 is 12.0. The summed E-state index contributed by atoms with van der Waals surface area (Å²) in [6.07, 6.45) is 3.63. The molecule has 0 radical (unpaired) electrons. The van der Waals surface area contributed by atoms with E-state index < -0.39 is 29.9 Å². The first-order valence-electron chi connectivity index (χ1n) is 10.5. The van der Waals surface area contributed by atoms with Crippen LogP contribution in [-0.2, 0) is 15.1 Å². The SMILES string of the molecule is CC1(c2ccc(Cl)c(Cl)c2)NC(=O)N(CC(=O)Nc2ccc(N3CCCCC3)cc2)C1=O. The number of hydrogen-bond acceptors (Lipinski definition) is 4. The van der Waals surface area contributed by atoms with Crippen molar-refractivity contribution in [2.45, 2.75) is 31.7 Å². The van der Waals surface area contributed by atoms with Gasteiger partial charge in [0.25, 0.3) is 5.91 Å². The minimum absolute atomic E-state index is 0.275. The lowest BCUT2D eigenvalue weighted by Crippen LogP contribution is -2.42. The number of nitrogens with one attached hydrogen (secondary N) is 2. The number of rotatable bonds is 5. The Balaban J connectivity index is 1.41. The molecule has 2 fully saturated rings. The molecule has 168 valence electrons. The van der Waals surface area contributed by atoms with E-state index in [0.29, 0.717) is 16.3 Å². The molecule has 2 aliphatic rings. The molecule has 0 aliphatic carbocycles. The summed E-state index contributed by atoms with van der Waals surface area (Å²) in [5, 5.41) is 6.03. The topological polar surface area (TPSA) is 81.8 Å². The van der Waals surface area contributed by atoms with Crippen molar-refractivity contribution < 1.29 is 14.4 Å². The van der Waals surface area contributed by atoms with Crippen molar-refractivity contribution in [3.8, 4) is 0 Å². The van der Waals surface area contributed by atoms with Gasteiger partial charge in [0.2, 0.25) is 5.91 Å². The molecule has 2 heterocycles. The smallest absolute Gasteiger partial charge is 0.325 e. The highest BCUT2D eigenvalue weighted by molar-refractivity contribution is 6.42. The molecule has 2 aromatic carbocycles. The van der Waals surface area contributed by atoms with Crippen LogP contribution in [0.25, 0.3) is 0 Å². The highest BCUT2D eigenvalue weighted by Crippen LogP contribution is 2.33. The summed E-state index contributed by atoms with van der Waals surface area (Å²) in [4.78, 5) is 41.3. The van der Waals surface area contributed by atoms with Crippen molar-refractivity contribution in [1.29, 1.82) is 0 Å². The Morgan fingerprint density at radius 3 is 2.38 bits per heavy atom. The number of hydrogen-bond donors (Lipinski definition) is 2. The number of urea groups is 1. The molecule has 1 atom stereocenters. The number of piperidine rings is 1. The maximum Gasteiger partial charge on any atom is 0.325 e. The minimum atomic E-state index is -1.33. The molecular weight excluding hydrogens is 451 g/mol. The molecule has 4 rings (SSSR count). The zero-order valence-electron chi connectivity index (χ0n) is 17.7. The fourth-order valence-electron chi connectivity index (χ4n) is 4.10. The standard InChI is InChI=1S/C23H24Cl2N4O3/c1-23(15-5-10-18(24)19(25)13-15)21(31)29(22(32)27-23)14-20(30)26-16-6-8-17(9-7-16)28-11-3-2-4-12-28/h5-10,13H,2-4,11-12,14H2,1H3,(H,26,30)(H,27,32). The lowest BCUT2D eigenvalue weighted by molar-refractivity contribution is -0.133. The molecule has 0 aromatic heterocycles. The fourth-order valence-corrected chi connectivity index (χ4v) is 4.39. The number of amides is 4. The fraction of sp³-hybridized carbons (Fsp3) is 0.348. The van der Waals surface area contributed by atoms with Gasteiger partial charge in [0.05, 0.1) is 10.0 Å². The van der Waals surface area contributed by atoms with Crippen molar-refractivity contribution in [2.75, 3.05) is 29.9 Å². The van der Waals surface area contributed by atoms with Crippen LogP contribution >= 0.6 is 23.2 Å². The van der Waals surface area contributed by atoms with E-state index in [1.54, 1.807) is 19.1 Å². The van der Waals surface area contributed by atoms with E-state index in [2.05, 4.69) is 15.5 Å². The quantitative estimate of drug-likeness (QED) is 0.629. The van der Waals surface area contributed by atoms with Crippen LogP contribution in [0.5, 0.6) is 0 Å². The van der Waals surface area contributed by atoms with Gasteiger partial charge in [-0.05, 0) is 68.1 Å². The van der Waals surface area contributed by atoms with Crippen LogP contribution in [0, 0.1) is 0 Å². The number of anilines is 2. The van der Waals surface area contributed by atoms with E-state index in [0.717, 1.165) is 23.7 Å². The molecule has 1 unspecified atom stereocenters. The first kappa shape index (κ1) is 22.4. The summed E-state index contributed by atoms with van der Waals surface area (Å²) in [5.74, 6) is -0.992. The number of carbonyl (C=O) groups excluding carboxylic acids is 3. The van der Waals surface area contributed by atoms with E-state index >= 15 is 0 Å². The van der Waals surface area contributed by atoms with E-state index in [9.17, 15) is 14.4 Å². The van der Waals surface area contributed by atoms with Gasteiger partial charge < -0.3 is 15.5 Å². The van der Waals surface area contributed by atoms with Crippen LogP contribution in [0.4, 0.5) is 16.2 Å². The van der Waals surface area contributed by atoms with Crippen molar-refractivity contribution in [3.63, 3.8) is 0 Å². The van der Waals surface area contributed by atoms with Crippen molar-refractivity contribution in [3.05, 3.63) is 58.1 Å². The summed E-state index contributed by atoms with van der Waals surface area (Å²) < 4.78 is 0. The zero-order valence-corrected chi connectivity index (χ0v) is 19.2. The lowest BCUT2D eigenvalue weighted by Gasteiger charge is -2.28. The monoisotopic (exact) mass is 474 g/mol. The second-order valence-corrected chi connectivity index (χ2v) is 9.03. The Bertz CT molecular complexity index is 1050. The van der Waals surface area contributed by atoms with Crippen molar-refractivity contribution >= 4 is 52.4 Å². The molecule has 4 amide bonds. The second kappa shape index (κ2) is 9.00. The number of nitrogens with zero attached hydrogens (tertiary/aromatic N) is 2. The van der Waals surface area contributed by atoms with Crippen LogP contribution in [0.1, 0.15) is 31.7 Å². The Kier molecular flexibility index (Phi) is 6.31. The number of imide groups is 1. The van der Waals surface area contributed by atoms with E-state index in [1.165, 1.54) is 25.3 Å². The van der Waals surface area contributed by atoms with Gasteiger partial charge in [-0.15, -0.1) is 0 Å². The van der Waals surface area contributed by atoms with Gasteiger partial charge in [-0.3, -0.25) is 14.5 Å². The van der Waals surface area contributed by atoms with Crippen LogP contribution < -0.4 is 15.5 Å². The number of carbonyl (C=O) groups is 3. The van der Waals surface area contributed by atoms with E-state index in [4.69, 9.17) is 23.2 Å². The van der Waals surface area contributed by atoms with Gasteiger partial charge >= 0.3 is 6.03 Å². The molecule has 0 saturated carbocycles. The first-order chi connectivity index (χ1) is 15.3. The molecule has 2 aromatic rings. The van der Waals surface area contributed by atoms with Gasteiger partial charge in [-0.2, -0.15) is 0 Å². The maximum atomic E-state index is 13.0. The molecule has 2 aliphatic heterocycles. The van der Waals surface area contributed by atoms with Gasteiger partial charge in [-0.25, -0.2) is 4.79 Å². The number of halogens is 2. The molecule has 2 N–H and O–H groups in total. The largest absolute Gasteiger partial charge is 0.372 e. The molecule has 32 heavy (non-hydrogen) atoms. The van der Waals surface area contributed by atoms with Gasteiger partial charge in [-0.1, -0.05) is 29.3 Å². The Morgan fingerprint density at radius 2 is 1.72 bits per heavy atom. The lowest BCUT2D eigenvalue weighted by atomic mass is 9.92. The van der Waals surface area contributed by atoms with Gasteiger partial charge in [0, 0.05) is 24.5 Å². The van der Waals surface area contributed by atoms with Crippen LogP contribution in [0.15, 0.2) is 42.5 Å². The predicted octanol–water partition coefficient (Wildman–Crippen LogP) is 4.39. The molecule has 2 saturated heterocycles. The van der Waals surface area contributed by atoms with E-state index in [1.807, 2.05) is 24.3 Å². The Morgan fingerprint density at radius 1 is 1.03 bits per heavy atom. The molecule has 9 heteroatoms. The zero-order chi connectivity index (χ0) is 22.9. The number of benzene rings is 2.